The quantitative estimate of drug-likeness (QED) is 0.181. The van der Waals surface area contributed by atoms with Crippen LogP contribution in [0.15, 0.2) is 170 Å². The second-order valence-electron chi connectivity index (χ2n) is 12.8. The Morgan fingerprint density at radius 2 is 1.08 bits per heavy atom. The van der Waals surface area contributed by atoms with E-state index >= 15 is 0 Å². The molecule has 0 unspecified atom stereocenters. The van der Waals surface area contributed by atoms with Crippen LogP contribution in [0.4, 0.5) is 22.7 Å². The predicted molar refractivity (Wildman–Crippen MR) is 199 cm³/mol. The zero-order valence-electron chi connectivity index (χ0n) is 26.1. The Morgan fingerprint density at radius 1 is 0.417 bits per heavy atom. The highest BCUT2D eigenvalue weighted by molar-refractivity contribution is 6.06. The summed E-state index contributed by atoms with van der Waals surface area (Å²) < 4.78 is 0. The number of hydrogen-bond acceptors (Lipinski definition) is 1. The van der Waals surface area contributed by atoms with Crippen LogP contribution < -0.4 is 4.90 Å². The first-order valence-corrected chi connectivity index (χ1v) is 16.4. The highest BCUT2D eigenvalue weighted by Crippen LogP contribution is 2.64. The topological polar surface area (TPSA) is 7.60 Å². The standard InChI is InChI=1S/C46H28N2/c1-47-33-13-11-16-35(29-33)48(34-14-3-2-4-15-34)36-24-22-31-27-41-40-25-23-30-12-5-6-17-37(30)45(40)46(44(41)28-32(31)26-36)42-20-9-7-18-38(42)39-19-8-10-21-43(39)46/h2-29H. The molecule has 2 aliphatic rings. The summed E-state index contributed by atoms with van der Waals surface area (Å²) in [6, 6.07) is 61.4. The largest absolute Gasteiger partial charge is 0.312 e. The predicted octanol–water partition coefficient (Wildman–Crippen LogP) is 12.4. The van der Waals surface area contributed by atoms with Crippen LogP contribution in [-0.2, 0) is 5.41 Å². The maximum Gasteiger partial charge on any atom is 0.189 e. The first-order valence-electron chi connectivity index (χ1n) is 16.4. The van der Waals surface area contributed by atoms with E-state index in [4.69, 9.17) is 6.57 Å². The van der Waals surface area contributed by atoms with Crippen molar-refractivity contribution in [3.8, 4) is 22.3 Å². The van der Waals surface area contributed by atoms with Gasteiger partial charge in [0, 0.05) is 17.1 Å². The third kappa shape index (κ3) is 3.56. The van der Waals surface area contributed by atoms with Crippen molar-refractivity contribution in [2.24, 2.45) is 0 Å². The van der Waals surface area contributed by atoms with Gasteiger partial charge in [-0.15, -0.1) is 0 Å². The molecule has 0 N–H and O–H groups in total. The molecule has 0 amide bonds. The summed E-state index contributed by atoms with van der Waals surface area (Å²) in [5.41, 5.74) is 13.9. The fourth-order valence-electron chi connectivity index (χ4n) is 8.51. The van der Waals surface area contributed by atoms with Gasteiger partial charge in [0.05, 0.1) is 12.0 Å². The van der Waals surface area contributed by atoms with Gasteiger partial charge in [-0.05, 0) is 115 Å². The van der Waals surface area contributed by atoms with Gasteiger partial charge in [-0.1, -0.05) is 121 Å². The summed E-state index contributed by atoms with van der Waals surface area (Å²) in [7, 11) is 0. The van der Waals surface area contributed by atoms with Crippen LogP contribution in [-0.4, -0.2) is 0 Å². The van der Waals surface area contributed by atoms with Gasteiger partial charge in [0.2, 0.25) is 0 Å². The van der Waals surface area contributed by atoms with Crippen molar-refractivity contribution in [1.29, 1.82) is 0 Å². The van der Waals surface area contributed by atoms with E-state index < -0.39 is 5.41 Å². The first-order chi connectivity index (χ1) is 23.8. The lowest BCUT2D eigenvalue weighted by molar-refractivity contribution is 0.802. The van der Waals surface area contributed by atoms with Gasteiger partial charge >= 0.3 is 0 Å². The normalized spacial score (nSPS) is 13.1. The molecule has 222 valence electrons. The Balaban J connectivity index is 1.28. The minimum Gasteiger partial charge on any atom is -0.312 e. The number of hydrogen-bond donors (Lipinski definition) is 0. The van der Waals surface area contributed by atoms with Gasteiger partial charge < -0.3 is 4.90 Å². The molecule has 48 heavy (non-hydrogen) atoms. The Morgan fingerprint density at radius 3 is 1.88 bits per heavy atom. The molecule has 8 aromatic rings. The fourth-order valence-corrected chi connectivity index (χ4v) is 8.51. The molecule has 0 fully saturated rings. The summed E-state index contributed by atoms with van der Waals surface area (Å²) in [6.07, 6.45) is 0. The van der Waals surface area contributed by atoms with E-state index in [0.29, 0.717) is 5.69 Å². The highest BCUT2D eigenvalue weighted by Gasteiger charge is 2.52. The molecule has 1 spiro atoms. The molecule has 0 saturated carbocycles. The molecule has 0 radical (unpaired) electrons. The van der Waals surface area contributed by atoms with Crippen LogP contribution in [0.25, 0.3) is 48.6 Å². The summed E-state index contributed by atoms with van der Waals surface area (Å²) in [6.45, 7) is 7.66. The van der Waals surface area contributed by atoms with Crippen molar-refractivity contribution < 1.29 is 0 Å². The maximum atomic E-state index is 7.66. The third-order valence-corrected chi connectivity index (χ3v) is 10.4. The zero-order valence-corrected chi connectivity index (χ0v) is 26.1. The van der Waals surface area contributed by atoms with E-state index in [1.54, 1.807) is 0 Å². The zero-order chi connectivity index (χ0) is 31.8. The molecule has 10 rings (SSSR count). The average Bonchev–Trinajstić information content (AvgIpc) is 3.61. The minimum absolute atomic E-state index is 0.439. The molecular formula is C46H28N2. The molecule has 0 bridgehead atoms. The number of rotatable bonds is 3. The summed E-state index contributed by atoms with van der Waals surface area (Å²) in [4.78, 5) is 5.98. The van der Waals surface area contributed by atoms with Crippen LogP contribution in [0.1, 0.15) is 22.3 Å². The third-order valence-electron chi connectivity index (χ3n) is 10.4. The molecule has 0 atom stereocenters. The van der Waals surface area contributed by atoms with Crippen molar-refractivity contribution in [2.75, 3.05) is 4.90 Å². The Labute approximate surface area is 279 Å². The minimum atomic E-state index is -0.439. The number of nitrogens with zero attached hydrogens (tertiary/aromatic N) is 2. The Hall–Kier alpha value is -6.43. The molecule has 0 aromatic heterocycles. The van der Waals surface area contributed by atoms with Crippen molar-refractivity contribution in [3.05, 3.63) is 204 Å². The fraction of sp³-hybridized carbons (Fsp3) is 0.0217. The first kappa shape index (κ1) is 26.8. The van der Waals surface area contributed by atoms with Gasteiger partial charge in [-0.2, -0.15) is 0 Å². The van der Waals surface area contributed by atoms with Crippen molar-refractivity contribution in [1.82, 2.24) is 0 Å². The molecule has 2 heteroatoms. The molecule has 0 heterocycles. The number of benzene rings is 8. The SMILES string of the molecule is [C-]#[N+]c1cccc(N(c2ccccc2)c2ccc3cc4c(cc3c2)C2(c3ccccc3-c3ccccc32)c2c-4ccc3ccccc23)c1. The molecule has 0 aliphatic heterocycles. The Kier molecular flexibility index (Phi) is 5.59. The second kappa shape index (κ2) is 10.0. The van der Waals surface area contributed by atoms with Gasteiger partial charge in [0.25, 0.3) is 0 Å². The molecule has 0 saturated heterocycles. The van der Waals surface area contributed by atoms with Crippen LogP contribution in [0.5, 0.6) is 0 Å². The maximum absolute atomic E-state index is 7.66. The van der Waals surface area contributed by atoms with Crippen LogP contribution >= 0.6 is 0 Å². The average molecular weight is 609 g/mol. The van der Waals surface area contributed by atoms with Gasteiger partial charge in [-0.25, -0.2) is 4.85 Å². The molecule has 8 aromatic carbocycles. The monoisotopic (exact) mass is 608 g/mol. The van der Waals surface area contributed by atoms with E-state index in [9.17, 15) is 0 Å². The number of fused-ring (bicyclic) bond motifs is 13. The van der Waals surface area contributed by atoms with Crippen molar-refractivity contribution in [2.45, 2.75) is 5.41 Å². The van der Waals surface area contributed by atoms with Crippen LogP contribution in [0.2, 0.25) is 0 Å². The number of para-hydroxylation sites is 1. The summed E-state index contributed by atoms with van der Waals surface area (Å²) in [5.74, 6) is 0. The molecular weight excluding hydrogens is 581 g/mol. The lowest BCUT2D eigenvalue weighted by Crippen LogP contribution is -2.26. The molecule has 2 aliphatic carbocycles. The second-order valence-corrected chi connectivity index (χ2v) is 12.8. The van der Waals surface area contributed by atoms with Crippen molar-refractivity contribution >= 4 is 44.3 Å². The van der Waals surface area contributed by atoms with Gasteiger partial charge in [0.1, 0.15) is 0 Å². The highest BCUT2D eigenvalue weighted by atomic mass is 15.1. The van der Waals surface area contributed by atoms with E-state index in [-0.39, 0.29) is 0 Å². The lowest BCUT2D eigenvalue weighted by atomic mass is 9.69. The lowest BCUT2D eigenvalue weighted by Gasteiger charge is -2.31. The van der Waals surface area contributed by atoms with Crippen molar-refractivity contribution in [3.63, 3.8) is 0 Å². The van der Waals surface area contributed by atoms with Gasteiger partial charge in [-0.3, -0.25) is 0 Å². The van der Waals surface area contributed by atoms with E-state index in [2.05, 4.69) is 155 Å². The van der Waals surface area contributed by atoms with Crippen LogP contribution in [0, 0.1) is 6.57 Å². The van der Waals surface area contributed by atoms with Gasteiger partial charge in [0.15, 0.2) is 5.69 Å². The smallest absolute Gasteiger partial charge is 0.189 e. The number of anilines is 3. The summed E-state index contributed by atoms with van der Waals surface area (Å²) >= 11 is 0. The summed E-state index contributed by atoms with van der Waals surface area (Å²) in [5, 5.41) is 4.96. The van der Waals surface area contributed by atoms with E-state index in [1.165, 1.54) is 66.1 Å². The molecule has 2 nitrogen and oxygen atoms in total. The Bertz CT molecular complexity index is 2600. The van der Waals surface area contributed by atoms with Crippen LogP contribution in [0.3, 0.4) is 0 Å². The van der Waals surface area contributed by atoms with E-state index in [1.807, 2.05) is 24.3 Å². The van der Waals surface area contributed by atoms with E-state index in [0.717, 1.165) is 17.1 Å².